The number of nitrogens with two attached hydrogens (primary N) is 1. The lowest BCUT2D eigenvalue weighted by molar-refractivity contribution is 0.314. The third kappa shape index (κ3) is 8.10. The zero-order valence-corrected chi connectivity index (χ0v) is 9.47. The van der Waals surface area contributed by atoms with Crippen molar-refractivity contribution >= 4 is 0 Å². The molecule has 0 spiro atoms. The van der Waals surface area contributed by atoms with Gasteiger partial charge in [0.15, 0.2) is 0 Å². The van der Waals surface area contributed by atoms with Gasteiger partial charge in [0.2, 0.25) is 0 Å². The molecule has 0 aromatic heterocycles. The summed E-state index contributed by atoms with van der Waals surface area (Å²) in [6.07, 6.45) is 11.6. The normalized spacial score (nSPS) is 10.4. The van der Waals surface area contributed by atoms with Crippen LogP contribution in [0.5, 0.6) is 0 Å². The number of nitrogens with zero attached hydrogens (tertiary/aromatic N) is 1. The van der Waals surface area contributed by atoms with Gasteiger partial charge < -0.3 is 5.73 Å². The highest BCUT2D eigenvalue weighted by atomic mass is 15.1. The first-order valence-corrected chi connectivity index (χ1v) is 5.71. The summed E-state index contributed by atoms with van der Waals surface area (Å²) in [6.45, 7) is 5.99. The van der Waals surface area contributed by atoms with Gasteiger partial charge in [-0.3, -0.25) is 4.90 Å². The van der Waals surface area contributed by atoms with Crippen molar-refractivity contribution in [1.29, 1.82) is 0 Å². The fourth-order valence-electron chi connectivity index (χ4n) is 1.49. The van der Waals surface area contributed by atoms with E-state index in [4.69, 9.17) is 12.2 Å². The Morgan fingerprint density at radius 1 is 1.14 bits per heavy atom. The van der Waals surface area contributed by atoms with Crippen molar-refractivity contribution in [2.75, 3.05) is 26.2 Å². The number of hydrogen-bond acceptors (Lipinski definition) is 2. The average Bonchev–Trinajstić information content (AvgIpc) is 2.21. The molecule has 2 N–H and O–H groups in total. The van der Waals surface area contributed by atoms with E-state index in [0.29, 0.717) is 0 Å². The first-order valence-electron chi connectivity index (χ1n) is 5.71. The molecule has 14 heavy (non-hydrogen) atoms. The molecule has 0 atom stereocenters. The Kier molecular flexibility index (Phi) is 10.2. The van der Waals surface area contributed by atoms with Crippen LogP contribution in [0.3, 0.4) is 0 Å². The van der Waals surface area contributed by atoms with E-state index in [2.05, 4.69) is 17.7 Å². The second-order valence-electron chi connectivity index (χ2n) is 3.63. The molecule has 0 aliphatic rings. The molecule has 2 nitrogen and oxygen atoms in total. The lowest BCUT2D eigenvalue weighted by atomic mass is 10.1. The van der Waals surface area contributed by atoms with Crippen molar-refractivity contribution in [3.05, 3.63) is 0 Å². The van der Waals surface area contributed by atoms with Gasteiger partial charge in [-0.05, 0) is 32.5 Å². The van der Waals surface area contributed by atoms with E-state index in [-0.39, 0.29) is 0 Å². The van der Waals surface area contributed by atoms with Gasteiger partial charge in [0.05, 0.1) is 6.54 Å². The van der Waals surface area contributed by atoms with E-state index in [9.17, 15) is 0 Å². The van der Waals surface area contributed by atoms with Crippen LogP contribution in [0.4, 0.5) is 0 Å². The average molecular weight is 196 g/mol. The largest absolute Gasteiger partial charge is 0.330 e. The Hall–Kier alpha value is -0.520. The number of hydrogen-bond donors (Lipinski definition) is 1. The molecule has 82 valence electrons. The van der Waals surface area contributed by atoms with Crippen LogP contribution in [-0.2, 0) is 0 Å². The minimum atomic E-state index is 0.791. The highest BCUT2D eigenvalue weighted by molar-refractivity contribution is 4.87. The topological polar surface area (TPSA) is 29.3 Å². The van der Waals surface area contributed by atoms with Crippen LogP contribution in [0.1, 0.15) is 39.0 Å². The third-order valence-corrected chi connectivity index (χ3v) is 2.44. The molecule has 0 saturated heterocycles. The smallest absolute Gasteiger partial charge is 0.0598 e. The first-order chi connectivity index (χ1) is 6.85. The van der Waals surface area contributed by atoms with Gasteiger partial charge in [-0.15, -0.1) is 6.42 Å². The third-order valence-electron chi connectivity index (χ3n) is 2.44. The Morgan fingerprint density at radius 3 is 2.36 bits per heavy atom. The van der Waals surface area contributed by atoms with Crippen LogP contribution in [0, 0.1) is 12.3 Å². The maximum Gasteiger partial charge on any atom is 0.0598 e. The molecular formula is C12H24N2. The summed E-state index contributed by atoms with van der Waals surface area (Å²) in [5, 5.41) is 0. The first kappa shape index (κ1) is 13.5. The van der Waals surface area contributed by atoms with Gasteiger partial charge in [0.1, 0.15) is 0 Å². The van der Waals surface area contributed by atoms with Crippen LogP contribution >= 0.6 is 0 Å². The van der Waals surface area contributed by atoms with E-state index in [0.717, 1.165) is 26.2 Å². The molecule has 0 aliphatic carbocycles. The van der Waals surface area contributed by atoms with Crippen LogP contribution in [0.15, 0.2) is 0 Å². The van der Waals surface area contributed by atoms with Gasteiger partial charge in [0, 0.05) is 0 Å². The lowest BCUT2D eigenvalue weighted by Crippen LogP contribution is -2.24. The molecule has 0 saturated carbocycles. The molecule has 0 radical (unpaired) electrons. The molecule has 0 heterocycles. The summed E-state index contributed by atoms with van der Waals surface area (Å²) in [7, 11) is 0. The highest BCUT2D eigenvalue weighted by Crippen LogP contribution is 2.03. The van der Waals surface area contributed by atoms with Crippen molar-refractivity contribution in [2.45, 2.75) is 39.0 Å². The predicted molar refractivity (Wildman–Crippen MR) is 63.1 cm³/mol. The summed E-state index contributed by atoms with van der Waals surface area (Å²) in [5.74, 6) is 2.69. The van der Waals surface area contributed by atoms with Gasteiger partial charge in [-0.2, -0.15) is 0 Å². The van der Waals surface area contributed by atoms with Crippen molar-refractivity contribution in [2.24, 2.45) is 5.73 Å². The molecular weight excluding hydrogens is 172 g/mol. The maximum atomic E-state index is 5.42. The minimum Gasteiger partial charge on any atom is -0.330 e. The minimum absolute atomic E-state index is 0.791. The number of unbranched alkanes of at least 4 members (excludes halogenated alkanes) is 4. The van der Waals surface area contributed by atoms with Crippen molar-refractivity contribution in [3.63, 3.8) is 0 Å². The van der Waals surface area contributed by atoms with E-state index in [1.807, 2.05) is 0 Å². The van der Waals surface area contributed by atoms with Gasteiger partial charge in [-0.25, -0.2) is 0 Å². The fraction of sp³-hybridized carbons (Fsp3) is 0.833. The molecule has 0 fully saturated rings. The van der Waals surface area contributed by atoms with Crippen molar-refractivity contribution in [3.8, 4) is 12.3 Å². The summed E-state index contributed by atoms with van der Waals surface area (Å²) in [6, 6.07) is 0. The SMILES string of the molecule is C#CCN(CC)CCCCCCCN. The lowest BCUT2D eigenvalue weighted by Gasteiger charge is -2.16. The van der Waals surface area contributed by atoms with Crippen LogP contribution < -0.4 is 5.73 Å². The van der Waals surface area contributed by atoms with Crippen LogP contribution in [-0.4, -0.2) is 31.1 Å². The van der Waals surface area contributed by atoms with E-state index in [1.54, 1.807) is 0 Å². The van der Waals surface area contributed by atoms with E-state index < -0.39 is 0 Å². The second kappa shape index (κ2) is 10.6. The quantitative estimate of drug-likeness (QED) is 0.450. The van der Waals surface area contributed by atoms with E-state index >= 15 is 0 Å². The Labute approximate surface area is 88.9 Å². The predicted octanol–water partition coefficient (Wildman–Crippen LogP) is 1.85. The molecule has 0 aromatic carbocycles. The highest BCUT2D eigenvalue weighted by Gasteiger charge is 1.98. The Balaban J connectivity index is 3.21. The second-order valence-corrected chi connectivity index (χ2v) is 3.63. The van der Waals surface area contributed by atoms with Gasteiger partial charge in [0.25, 0.3) is 0 Å². The monoisotopic (exact) mass is 196 g/mol. The molecule has 0 aliphatic heterocycles. The molecule has 0 rings (SSSR count). The molecule has 0 bridgehead atoms. The summed E-state index contributed by atoms with van der Waals surface area (Å²) < 4.78 is 0. The van der Waals surface area contributed by atoms with Gasteiger partial charge in [-0.1, -0.05) is 32.1 Å². The molecule has 0 aromatic rings. The Morgan fingerprint density at radius 2 is 1.79 bits per heavy atom. The van der Waals surface area contributed by atoms with Crippen molar-refractivity contribution < 1.29 is 0 Å². The van der Waals surface area contributed by atoms with Gasteiger partial charge >= 0.3 is 0 Å². The molecule has 0 amide bonds. The fourth-order valence-corrected chi connectivity index (χ4v) is 1.49. The molecule has 2 heteroatoms. The van der Waals surface area contributed by atoms with Crippen LogP contribution in [0.25, 0.3) is 0 Å². The van der Waals surface area contributed by atoms with Crippen molar-refractivity contribution in [1.82, 2.24) is 4.90 Å². The zero-order valence-electron chi connectivity index (χ0n) is 9.47. The molecule has 0 unspecified atom stereocenters. The summed E-state index contributed by atoms with van der Waals surface area (Å²) in [4.78, 5) is 2.31. The number of terminal acetylenes is 1. The standard InChI is InChI=1S/C12H24N2/c1-3-11-14(4-2)12-9-7-5-6-8-10-13/h1H,4-13H2,2H3. The van der Waals surface area contributed by atoms with Crippen LogP contribution in [0.2, 0.25) is 0 Å². The summed E-state index contributed by atoms with van der Waals surface area (Å²) >= 11 is 0. The number of rotatable bonds is 9. The Bertz CT molecular complexity index is 149. The zero-order chi connectivity index (χ0) is 10.6. The maximum absolute atomic E-state index is 5.42. The summed E-state index contributed by atoms with van der Waals surface area (Å²) in [5.41, 5.74) is 5.42. The van der Waals surface area contributed by atoms with E-state index in [1.165, 1.54) is 32.1 Å².